The smallest absolute Gasteiger partial charge is 0.118 e. The van der Waals surface area contributed by atoms with Gasteiger partial charge < -0.3 is 10.5 Å². The fourth-order valence-electron chi connectivity index (χ4n) is 2.45. The molecule has 0 radical (unpaired) electrons. The number of hydrogen-bond donors (Lipinski definition) is 1. The number of rotatable bonds is 7. The van der Waals surface area contributed by atoms with E-state index in [-0.39, 0.29) is 6.04 Å². The zero-order valence-electron chi connectivity index (χ0n) is 13.0. The average molecular weight is 283 g/mol. The van der Waals surface area contributed by atoms with Gasteiger partial charge in [0.15, 0.2) is 0 Å². The van der Waals surface area contributed by atoms with Gasteiger partial charge in [-0.25, -0.2) is 0 Å². The minimum absolute atomic E-state index is 0.0404. The van der Waals surface area contributed by atoms with Crippen molar-refractivity contribution in [2.75, 3.05) is 7.11 Å². The lowest BCUT2D eigenvalue weighted by molar-refractivity contribution is 0.414. The van der Waals surface area contributed by atoms with E-state index in [4.69, 9.17) is 10.5 Å². The first-order chi connectivity index (χ1) is 10.2. The molecular formula is C19H25NO. The summed E-state index contributed by atoms with van der Waals surface area (Å²) in [6.45, 7) is 2.22. The summed E-state index contributed by atoms with van der Waals surface area (Å²) in [6.07, 6.45) is 4.48. The Balaban J connectivity index is 1.96. The highest BCUT2D eigenvalue weighted by molar-refractivity contribution is 5.30. The number of hydrogen-bond acceptors (Lipinski definition) is 2. The number of ether oxygens (including phenoxy) is 1. The highest BCUT2D eigenvalue weighted by atomic mass is 16.5. The van der Waals surface area contributed by atoms with Crippen LogP contribution in [0.4, 0.5) is 0 Å². The molecule has 0 saturated carbocycles. The molecule has 0 aromatic heterocycles. The van der Waals surface area contributed by atoms with Gasteiger partial charge in [-0.2, -0.15) is 0 Å². The van der Waals surface area contributed by atoms with Crippen molar-refractivity contribution in [3.05, 3.63) is 65.2 Å². The van der Waals surface area contributed by atoms with Crippen LogP contribution in [0.15, 0.2) is 48.5 Å². The van der Waals surface area contributed by atoms with Gasteiger partial charge in [-0.3, -0.25) is 0 Å². The topological polar surface area (TPSA) is 35.2 Å². The first-order valence-corrected chi connectivity index (χ1v) is 7.70. The van der Waals surface area contributed by atoms with Gasteiger partial charge in [0.25, 0.3) is 0 Å². The normalized spacial score (nSPS) is 12.1. The first-order valence-electron chi connectivity index (χ1n) is 7.70. The lowest BCUT2D eigenvalue weighted by Gasteiger charge is -2.13. The molecule has 2 nitrogen and oxygen atoms in total. The Morgan fingerprint density at radius 3 is 2.14 bits per heavy atom. The molecule has 0 aliphatic heterocycles. The number of nitrogens with two attached hydrogens (primary N) is 1. The van der Waals surface area contributed by atoms with Gasteiger partial charge in [-0.05, 0) is 48.1 Å². The summed E-state index contributed by atoms with van der Waals surface area (Å²) in [7, 11) is 1.68. The van der Waals surface area contributed by atoms with E-state index in [1.807, 2.05) is 12.1 Å². The molecule has 0 spiro atoms. The van der Waals surface area contributed by atoms with Crippen molar-refractivity contribution in [3.63, 3.8) is 0 Å². The molecule has 112 valence electrons. The molecule has 2 heteroatoms. The zero-order chi connectivity index (χ0) is 15.1. The summed E-state index contributed by atoms with van der Waals surface area (Å²) in [5.74, 6) is 0.882. The SMILES string of the molecule is CCCCc1ccc(C(N)Cc2ccc(OC)cc2)cc1. The molecule has 21 heavy (non-hydrogen) atoms. The Kier molecular flexibility index (Phi) is 5.82. The molecule has 0 fully saturated rings. The second-order valence-electron chi connectivity index (χ2n) is 5.50. The standard InChI is InChI=1S/C19H25NO/c1-3-4-5-15-6-10-17(11-7-15)19(20)14-16-8-12-18(21-2)13-9-16/h6-13,19H,3-5,14,20H2,1-2H3. The molecule has 1 atom stereocenters. The Morgan fingerprint density at radius 2 is 1.57 bits per heavy atom. The summed E-state index contributed by atoms with van der Waals surface area (Å²) in [6, 6.07) is 16.9. The van der Waals surface area contributed by atoms with E-state index in [1.54, 1.807) is 7.11 Å². The molecule has 2 N–H and O–H groups in total. The van der Waals surface area contributed by atoms with Crippen LogP contribution in [0.3, 0.4) is 0 Å². The molecule has 0 saturated heterocycles. The van der Waals surface area contributed by atoms with E-state index in [0.717, 1.165) is 18.6 Å². The second kappa shape index (κ2) is 7.84. The third-order valence-corrected chi connectivity index (χ3v) is 3.84. The van der Waals surface area contributed by atoms with Crippen molar-refractivity contribution in [1.82, 2.24) is 0 Å². The van der Waals surface area contributed by atoms with Crippen molar-refractivity contribution >= 4 is 0 Å². The minimum atomic E-state index is 0.0404. The molecule has 1 unspecified atom stereocenters. The van der Waals surface area contributed by atoms with Crippen LogP contribution in [0.25, 0.3) is 0 Å². The predicted molar refractivity (Wildman–Crippen MR) is 88.7 cm³/mol. The number of unbranched alkanes of at least 4 members (excludes halogenated alkanes) is 1. The fourth-order valence-corrected chi connectivity index (χ4v) is 2.45. The number of aryl methyl sites for hydroxylation is 1. The molecule has 2 aromatic rings. The van der Waals surface area contributed by atoms with Crippen LogP contribution in [0.1, 0.15) is 42.5 Å². The third-order valence-electron chi connectivity index (χ3n) is 3.84. The second-order valence-corrected chi connectivity index (χ2v) is 5.50. The molecular weight excluding hydrogens is 258 g/mol. The van der Waals surface area contributed by atoms with Gasteiger partial charge >= 0.3 is 0 Å². The van der Waals surface area contributed by atoms with Gasteiger partial charge in [-0.15, -0.1) is 0 Å². The molecule has 0 aliphatic carbocycles. The van der Waals surface area contributed by atoms with Gasteiger partial charge in [0.2, 0.25) is 0 Å². The maximum atomic E-state index is 6.32. The van der Waals surface area contributed by atoms with Crippen LogP contribution in [0.5, 0.6) is 5.75 Å². The van der Waals surface area contributed by atoms with Gasteiger partial charge in [0, 0.05) is 6.04 Å². The Bertz CT molecular complexity index is 530. The average Bonchev–Trinajstić information content (AvgIpc) is 2.54. The highest BCUT2D eigenvalue weighted by Gasteiger charge is 2.07. The minimum Gasteiger partial charge on any atom is -0.497 e. The lowest BCUT2D eigenvalue weighted by atomic mass is 9.98. The Hall–Kier alpha value is -1.80. The molecule has 0 bridgehead atoms. The monoisotopic (exact) mass is 283 g/mol. The maximum Gasteiger partial charge on any atom is 0.118 e. The van der Waals surface area contributed by atoms with Crippen LogP contribution in [-0.4, -0.2) is 7.11 Å². The predicted octanol–water partition coefficient (Wildman–Crippen LogP) is 4.28. The lowest BCUT2D eigenvalue weighted by Crippen LogP contribution is -2.13. The Morgan fingerprint density at radius 1 is 0.952 bits per heavy atom. The maximum absolute atomic E-state index is 6.32. The Labute approximate surface area is 127 Å². The summed E-state index contributed by atoms with van der Waals surface area (Å²) in [5, 5.41) is 0. The van der Waals surface area contributed by atoms with Gasteiger partial charge in [0.05, 0.1) is 7.11 Å². The van der Waals surface area contributed by atoms with Crippen molar-refractivity contribution in [3.8, 4) is 5.75 Å². The quantitative estimate of drug-likeness (QED) is 0.823. The van der Waals surface area contributed by atoms with Gasteiger partial charge in [0.1, 0.15) is 5.75 Å². The van der Waals surface area contributed by atoms with Crippen LogP contribution < -0.4 is 10.5 Å². The summed E-state index contributed by atoms with van der Waals surface area (Å²) >= 11 is 0. The van der Waals surface area contributed by atoms with E-state index in [2.05, 4.69) is 43.3 Å². The fraction of sp³-hybridized carbons (Fsp3) is 0.368. The van der Waals surface area contributed by atoms with Gasteiger partial charge in [-0.1, -0.05) is 49.7 Å². The summed E-state index contributed by atoms with van der Waals surface area (Å²) in [5.41, 5.74) is 10.2. The summed E-state index contributed by atoms with van der Waals surface area (Å²) in [4.78, 5) is 0. The van der Waals surface area contributed by atoms with E-state index < -0.39 is 0 Å². The largest absolute Gasteiger partial charge is 0.497 e. The van der Waals surface area contributed by atoms with Crippen molar-refractivity contribution in [2.45, 2.75) is 38.6 Å². The highest BCUT2D eigenvalue weighted by Crippen LogP contribution is 2.19. The van der Waals surface area contributed by atoms with Crippen molar-refractivity contribution < 1.29 is 4.74 Å². The molecule has 2 aromatic carbocycles. The van der Waals surface area contributed by atoms with E-state index in [0.29, 0.717) is 0 Å². The van der Waals surface area contributed by atoms with Crippen LogP contribution in [0.2, 0.25) is 0 Å². The van der Waals surface area contributed by atoms with Crippen molar-refractivity contribution in [2.24, 2.45) is 5.73 Å². The van der Waals surface area contributed by atoms with Crippen LogP contribution >= 0.6 is 0 Å². The van der Waals surface area contributed by atoms with E-state index >= 15 is 0 Å². The van der Waals surface area contributed by atoms with E-state index in [9.17, 15) is 0 Å². The van der Waals surface area contributed by atoms with E-state index in [1.165, 1.54) is 29.5 Å². The number of methoxy groups -OCH3 is 1. The summed E-state index contributed by atoms with van der Waals surface area (Å²) < 4.78 is 5.17. The molecule has 2 rings (SSSR count). The van der Waals surface area contributed by atoms with Crippen LogP contribution in [0, 0.1) is 0 Å². The first kappa shape index (κ1) is 15.6. The zero-order valence-corrected chi connectivity index (χ0v) is 13.0. The molecule has 0 amide bonds. The van der Waals surface area contributed by atoms with Crippen molar-refractivity contribution in [1.29, 1.82) is 0 Å². The molecule has 0 heterocycles. The molecule has 0 aliphatic rings. The number of benzene rings is 2. The van der Waals surface area contributed by atoms with Crippen LogP contribution in [-0.2, 0) is 12.8 Å². The third kappa shape index (κ3) is 4.61.